The molecule has 0 radical (unpaired) electrons. The third-order valence-electron chi connectivity index (χ3n) is 2.51. The minimum atomic E-state index is -3.69. The number of aliphatic hydroxyl groups is 1. The first kappa shape index (κ1) is 18.2. The van der Waals surface area contributed by atoms with E-state index in [2.05, 4.69) is 0 Å². The molecule has 0 atom stereocenters. The summed E-state index contributed by atoms with van der Waals surface area (Å²) in [5.74, 6) is -0.223. The molecule has 0 fully saturated rings. The molecule has 0 heterocycles. The van der Waals surface area contributed by atoms with E-state index in [-0.39, 0.29) is 30.7 Å². The first-order chi connectivity index (χ1) is 9.05. The normalized spacial score (nSPS) is 12.9. The van der Waals surface area contributed by atoms with Gasteiger partial charge in [0.15, 0.2) is 5.31 Å². The lowest BCUT2D eigenvalue weighted by Gasteiger charge is -2.18. The molecule has 1 N–H and O–H groups in total. The summed E-state index contributed by atoms with van der Waals surface area (Å²) in [6.45, 7) is 6.15. The minimum absolute atomic E-state index is 0.223. The van der Waals surface area contributed by atoms with Gasteiger partial charge in [0.05, 0.1) is 13.2 Å². The fraction of sp³-hybridized carbons (Fsp3) is 0.769. The molecule has 0 aliphatic carbocycles. The van der Waals surface area contributed by atoms with E-state index in [0.29, 0.717) is 0 Å². The molecule has 0 aromatic carbocycles. The molecule has 0 aromatic heterocycles. The molecule has 5 nitrogen and oxygen atoms in total. The molecule has 19 heavy (non-hydrogen) atoms. The fourth-order valence-corrected chi connectivity index (χ4v) is 2.94. The van der Waals surface area contributed by atoms with Gasteiger partial charge >= 0.3 is 7.60 Å². The van der Waals surface area contributed by atoms with Crippen molar-refractivity contribution in [2.45, 2.75) is 52.9 Å². The molecule has 0 amide bonds. The summed E-state index contributed by atoms with van der Waals surface area (Å²) in [4.78, 5) is 0. The maximum absolute atomic E-state index is 12.6. The fourth-order valence-electron chi connectivity index (χ4n) is 1.28. The highest BCUT2D eigenvalue weighted by molar-refractivity contribution is 7.58. The Hall–Kier alpha value is -0.820. The van der Waals surface area contributed by atoms with E-state index in [9.17, 15) is 9.67 Å². The van der Waals surface area contributed by atoms with E-state index in [4.69, 9.17) is 14.3 Å². The Balaban J connectivity index is 5.02. The quantitative estimate of drug-likeness (QED) is 0.277. The van der Waals surface area contributed by atoms with Gasteiger partial charge in [0.25, 0.3) is 0 Å². The van der Waals surface area contributed by atoms with Crippen LogP contribution in [0.5, 0.6) is 0 Å². The summed E-state index contributed by atoms with van der Waals surface area (Å²) in [7, 11) is -3.69. The molecular weight excluding hydrogens is 265 g/mol. The van der Waals surface area contributed by atoms with Gasteiger partial charge in [-0.15, -0.1) is 0 Å². The lowest BCUT2D eigenvalue weighted by atomic mass is 10.4. The summed E-state index contributed by atoms with van der Waals surface area (Å²) in [5, 5.41) is 18.5. The van der Waals surface area contributed by atoms with Gasteiger partial charge in [-0.1, -0.05) is 33.6 Å². The molecule has 0 saturated carbocycles. The number of rotatable bonds is 10. The third-order valence-corrected chi connectivity index (χ3v) is 4.46. The van der Waals surface area contributed by atoms with Crippen molar-refractivity contribution in [2.75, 3.05) is 13.2 Å². The van der Waals surface area contributed by atoms with Crippen LogP contribution in [0.3, 0.4) is 0 Å². The maximum atomic E-state index is 12.6. The van der Waals surface area contributed by atoms with Gasteiger partial charge in [0.1, 0.15) is 11.8 Å². The van der Waals surface area contributed by atoms with Crippen LogP contribution in [0.25, 0.3) is 0 Å². The Kier molecular flexibility index (Phi) is 9.59. The molecule has 0 spiro atoms. The lowest BCUT2D eigenvalue weighted by molar-refractivity contribution is 0.205. The highest BCUT2D eigenvalue weighted by atomic mass is 31.2. The Bertz CT molecular complexity index is 359. The summed E-state index contributed by atoms with van der Waals surface area (Å²) in [6.07, 6.45) is 3.46. The molecule has 0 aliphatic heterocycles. The third kappa shape index (κ3) is 6.24. The van der Waals surface area contributed by atoms with Crippen LogP contribution < -0.4 is 0 Å². The predicted octanol–water partition coefficient (Wildman–Crippen LogP) is 4.52. The van der Waals surface area contributed by atoms with Crippen molar-refractivity contribution in [1.29, 1.82) is 5.26 Å². The first-order valence-electron chi connectivity index (χ1n) is 6.77. The zero-order valence-electron chi connectivity index (χ0n) is 12.0. The van der Waals surface area contributed by atoms with Crippen LogP contribution in [-0.4, -0.2) is 18.3 Å². The van der Waals surface area contributed by atoms with Gasteiger partial charge < -0.3 is 14.2 Å². The Morgan fingerprint density at radius 3 is 1.95 bits per heavy atom. The first-order valence-corrected chi connectivity index (χ1v) is 8.31. The summed E-state index contributed by atoms with van der Waals surface area (Å²) >= 11 is 0. The van der Waals surface area contributed by atoms with Crippen molar-refractivity contribution in [1.82, 2.24) is 0 Å². The Labute approximate surface area is 115 Å². The predicted molar refractivity (Wildman–Crippen MR) is 74.9 cm³/mol. The highest BCUT2D eigenvalue weighted by Gasteiger charge is 2.33. The van der Waals surface area contributed by atoms with Gasteiger partial charge in [-0.25, -0.2) is 0 Å². The molecular formula is C13H24NO4P. The zero-order chi connectivity index (χ0) is 14.7. The van der Waals surface area contributed by atoms with Crippen LogP contribution in [0.2, 0.25) is 0 Å². The maximum Gasteiger partial charge on any atom is 0.375 e. The highest BCUT2D eigenvalue weighted by Crippen LogP contribution is 2.57. The number of allylic oxidation sites excluding steroid dienone is 2. The van der Waals surface area contributed by atoms with Crippen LogP contribution in [0.15, 0.2) is 11.1 Å². The number of hydrogen-bond donors (Lipinski definition) is 1. The van der Waals surface area contributed by atoms with Gasteiger partial charge in [0, 0.05) is 6.42 Å². The van der Waals surface area contributed by atoms with Crippen LogP contribution in [0, 0.1) is 11.3 Å². The molecule has 6 heteroatoms. The average Bonchev–Trinajstić information content (AvgIpc) is 2.40. The van der Waals surface area contributed by atoms with Crippen LogP contribution in [0.1, 0.15) is 52.9 Å². The van der Waals surface area contributed by atoms with E-state index in [1.165, 1.54) is 0 Å². The second kappa shape index (κ2) is 10.0. The molecule has 0 unspecified atom stereocenters. The van der Waals surface area contributed by atoms with E-state index in [1.807, 2.05) is 13.8 Å². The van der Waals surface area contributed by atoms with E-state index in [1.54, 1.807) is 13.0 Å². The van der Waals surface area contributed by atoms with Crippen molar-refractivity contribution >= 4 is 7.60 Å². The number of aliphatic hydroxyl groups excluding tert-OH is 1. The lowest BCUT2D eigenvalue weighted by Crippen LogP contribution is -2.03. The van der Waals surface area contributed by atoms with Crippen molar-refractivity contribution < 1.29 is 18.7 Å². The van der Waals surface area contributed by atoms with Crippen LogP contribution >= 0.6 is 7.60 Å². The van der Waals surface area contributed by atoms with Crippen molar-refractivity contribution in [3.05, 3.63) is 11.1 Å². The molecule has 0 aromatic rings. The van der Waals surface area contributed by atoms with Gasteiger partial charge in [0.2, 0.25) is 0 Å². The SMILES string of the molecule is CCCCOP(=O)(OCCCC)C(C#N)=C(O)CC. The van der Waals surface area contributed by atoms with Crippen LogP contribution in [-0.2, 0) is 13.6 Å². The van der Waals surface area contributed by atoms with Crippen LogP contribution in [0.4, 0.5) is 0 Å². The summed E-state index contributed by atoms with van der Waals surface area (Å²) in [5.41, 5.74) is 0. The summed E-state index contributed by atoms with van der Waals surface area (Å²) < 4.78 is 23.2. The van der Waals surface area contributed by atoms with Crippen molar-refractivity contribution in [3.63, 3.8) is 0 Å². The van der Waals surface area contributed by atoms with Gasteiger partial charge in [-0.05, 0) is 12.8 Å². The van der Waals surface area contributed by atoms with Crippen molar-refractivity contribution in [3.8, 4) is 6.07 Å². The molecule has 0 saturated heterocycles. The molecule has 0 aliphatic rings. The minimum Gasteiger partial charge on any atom is -0.511 e. The summed E-state index contributed by atoms with van der Waals surface area (Å²) in [6, 6.07) is 1.76. The Morgan fingerprint density at radius 1 is 1.16 bits per heavy atom. The largest absolute Gasteiger partial charge is 0.511 e. The monoisotopic (exact) mass is 289 g/mol. The zero-order valence-corrected chi connectivity index (χ0v) is 12.9. The standard InChI is InChI=1S/C13H24NO4P/c1-4-7-9-17-19(16,18-10-8-5-2)13(11-14)12(15)6-3/h15H,4-10H2,1-3H3. The molecule has 0 rings (SSSR count). The van der Waals surface area contributed by atoms with E-state index in [0.717, 1.165) is 25.7 Å². The topological polar surface area (TPSA) is 79.5 Å². The van der Waals surface area contributed by atoms with Crippen molar-refractivity contribution in [2.24, 2.45) is 0 Å². The second-order valence-corrected chi connectivity index (χ2v) is 6.09. The van der Waals surface area contributed by atoms with E-state index < -0.39 is 7.60 Å². The second-order valence-electron chi connectivity index (χ2n) is 4.13. The Morgan fingerprint density at radius 2 is 1.63 bits per heavy atom. The average molecular weight is 289 g/mol. The van der Waals surface area contributed by atoms with Gasteiger partial charge in [-0.3, -0.25) is 4.57 Å². The molecule has 110 valence electrons. The smallest absolute Gasteiger partial charge is 0.375 e. The molecule has 0 bridgehead atoms. The number of nitriles is 1. The van der Waals surface area contributed by atoms with Gasteiger partial charge in [-0.2, -0.15) is 5.26 Å². The van der Waals surface area contributed by atoms with E-state index >= 15 is 0 Å². The number of nitrogens with zero attached hydrogens (tertiary/aromatic N) is 1. The number of unbranched alkanes of at least 4 members (excludes halogenated alkanes) is 2. The number of hydrogen-bond acceptors (Lipinski definition) is 5.